The van der Waals surface area contributed by atoms with Gasteiger partial charge in [-0.05, 0) is 24.1 Å². The molecule has 1 aromatic carbocycles. The fourth-order valence-corrected chi connectivity index (χ4v) is 2.21. The first kappa shape index (κ1) is 18.6. The van der Waals surface area contributed by atoms with Gasteiger partial charge in [-0.15, -0.1) is 0 Å². The van der Waals surface area contributed by atoms with Gasteiger partial charge in [-0.1, -0.05) is 17.3 Å². The van der Waals surface area contributed by atoms with Gasteiger partial charge in [-0.3, -0.25) is 9.59 Å². The van der Waals surface area contributed by atoms with Crippen molar-refractivity contribution < 1.29 is 23.2 Å². The third-order valence-electron chi connectivity index (χ3n) is 3.44. The maximum absolute atomic E-state index is 13.0. The van der Waals surface area contributed by atoms with Crippen LogP contribution in [0, 0.1) is 5.82 Å². The van der Waals surface area contributed by atoms with Gasteiger partial charge in [0, 0.05) is 26.3 Å². The van der Waals surface area contributed by atoms with Crippen LogP contribution >= 0.6 is 0 Å². The zero-order valence-corrected chi connectivity index (χ0v) is 13.9. The van der Waals surface area contributed by atoms with Crippen molar-refractivity contribution in [3.8, 4) is 0 Å². The summed E-state index contributed by atoms with van der Waals surface area (Å²) in [7, 11) is 1.57. The number of ether oxygens (including phenoxy) is 1. The molecule has 2 amide bonds. The Bertz CT molecular complexity index is 674. The summed E-state index contributed by atoms with van der Waals surface area (Å²) in [4.78, 5) is 26.0. The van der Waals surface area contributed by atoms with Gasteiger partial charge in [0.2, 0.25) is 11.8 Å². The lowest BCUT2D eigenvalue weighted by Crippen LogP contribution is -2.39. The zero-order chi connectivity index (χ0) is 18.1. The minimum absolute atomic E-state index is 0.0878. The largest absolute Gasteiger partial charge is 0.385 e. The molecule has 2 rings (SSSR count). The van der Waals surface area contributed by atoms with Gasteiger partial charge in [0.1, 0.15) is 12.1 Å². The minimum Gasteiger partial charge on any atom is -0.385 e. The van der Waals surface area contributed by atoms with Crippen LogP contribution in [-0.2, 0) is 20.7 Å². The number of aromatic nitrogens is 1. The summed E-state index contributed by atoms with van der Waals surface area (Å²) in [5.41, 5.74) is 0.681. The Kier molecular flexibility index (Phi) is 7.09. The van der Waals surface area contributed by atoms with Gasteiger partial charge >= 0.3 is 0 Å². The van der Waals surface area contributed by atoms with E-state index in [0.29, 0.717) is 25.1 Å². The molecule has 25 heavy (non-hydrogen) atoms. The van der Waals surface area contributed by atoms with E-state index < -0.39 is 0 Å². The minimum atomic E-state index is -0.376. The average Bonchev–Trinajstić information content (AvgIpc) is 3.09. The molecule has 1 aromatic heterocycles. The highest BCUT2D eigenvalue weighted by molar-refractivity contribution is 5.94. The fourth-order valence-electron chi connectivity index (χ4n) is 2.21. The molecule has 8 heteroatoms. The lowest BCUT2D eigenvalue weighted by atomic mass is 10.1. The van der Waals surface area contributed by atoms with Crippen molar-refractivity contribution in [1.82, 2.24) is 10.1 Å². The molecule has 0 aliphatic heterocycles. The number of carbonyl (C=O) groups is 2. The quantitative estimate of drug-likeness (QED) is 0.699. The Morgan fingerprint density at radius 1 is 1.28 bits per heavy atom. The van der Waals surface area contributed by atoms with Crippen LogP contribution in [0.5, 0.6) is 0 Å². The number of rotatable bonds is 9. The molecule has 0 atom stereocenters. The number of nitrogens with one attached hydrogen (secondary N) is 1. The molecule has 0 unspecified atom stereocenters. The molecule has 2 aromatic rings. The maximum atomic E-state index is 13.0. The van der Waals surface area contributed by atoms with Crippen LogP contribution in [0.4, 0.5) is 10.2 Å². The summed E-state index contributed by atoms with van der Waals surface area (Å²) < 4.78 is 22.6. The highest BCUT2D eigenvalue weighted by Gasteiger charge is 2.18. The van der Waals surface area contributed by atoms with Gasteiger partial charge in [-0.2, -0.15) is 0 Å². The monoisotopic (exact) mass is 349 g/mol. The van der Waals surface area contributed by atoms with Crippen LogP contribution in [0.3, 0.4) is 0 Å². The second-order valence-electron chi connectivity index (χ2n) is 5.40. The van der Waals surface area contributed by atoms with E-state index in [4.69, 9.17) is 4.74 Å². The van der Waals surface area contributed by atoms with Crippen LogP contribution < -0.4 is 5.32 Å². The summed E-state index contributed by atoms with van der Waals surface area (Å²) in [5, 5.41) is 6.14. The Labute approximate surface area is 144 Å². The van der Waals surface area contributed by atoms with E-state index >= 15 is 0 Å². The molecular formula is C17H20FN3O4. The molecule has 1 heterocycles. The topological polar surface area (TPSA) is 84.7 Å². The Morgan fingerprint density at radius 2 is 2.04 bits per heavy atom. The smallest absolute Gasteiger partial charge is 0.245 e. The van der Waals surface area contributed by atoms with E-state index in [1.807, 2.05) is 0 Å². The first-order chi connectivity index (χ1) is 12.1. The van der Waals surface area contributed by atoms with Gasteiger partial charge in [-0.25, -0.2) is 4.39 Å². The van der Waals surface area contributed by atoms with E-state index in [-0.39, 0.29) is 36.4 Å². The maximum Gasteiger partial charge on any atom is 0.245 e. The van der Waals surface area contributed by atoms with Crippen LogP contribution in [0.15, 0.2) is 41.1 Å². The van der Waals surface area contributed by atoms with Crippen molar-refractivity contribution in [2.75, 3.05) is 32.1 Å². The highest BCUT2D eigenvalue weighted by atomic mass is 19.1. The molecule has 0 saturated carbocycles. The second-order valence-corrected chi connectivity index (χ2v) is 5.40. The number of hydrogen-bond acceptors (Lipinski definition) is 5. The molecule has 0 fully saturated rings. The standard InChI is InChI=1S/C17H20FN3O4/c1-24-9-2-8-21(12-16(22)19-15-7-10-25-20-15)17(23)11-13-3-5-14(18)6-4-13/h3-7,10H,2,8-9,11-12H2,1H3,(H,19,20,22). The van der Waals surface area contributed by atoms with E-state index in [1.165, 1.54) is 29.4 Å². The molecule has 0 aliphatic rings. The lowest BCUT2D eigenvalue weighted by Gasteiger charge is -2.22. The van der Waals surface area contributed by atoms with Crippen molar-refractivity contribution in [3.05, 3.63) is 48.0 Å². The number of methoxy groups -OCH3 is 1. The third-order valence-corrected chi connectivity index (χ3v) is 3.44. The van der Waals surface area contributed by atoms with Gasteiger partial charge in [0.15, 0.2) is 5.82 Å². The molecular weight excluding hydrogens is 329 g/mol. The summed E-state index contributed by atoms with van der Waals surface area (Å²) in [6.07, 6.45) is 2.03. The molecule has 0 saturated heterocycles. The van der Waals surface area contributed by atoms with Crippen molar-refractivity contribution in [3.63, 3.8) is 0 Å². The fraction of sp³-hybridized carbons (Fsp3) is 0.353. The Hall–Kier alpha value is -2.74. The Balaban J connectivity index is 1.96. The van der Waals surface area contributed by atoms with Crippen LogP contribution in [-0.4, -0.2) is 48.7 Å². The van der Waals surface area contributed by atoms with Crippen molar-refractivity contribution in [2.45, 2.75) is 12.8 Å². The van der Waals surface area contributed by atoms with Gasteiger partial charge in [0.25, 0.3) is 0 Å². The summed E-state index contributed by atoms with van der Waals surface area (Å²) in [6.45, 7) is 0.738. The number of benzene rings is 1. The van der Waals surface area contributed by atoms with Crippen molar-refractivity contribution in [1.29, 1.82) is 0 Å². The first-order valence-corrected chi connectivity index (χ1v) is 7.80. The van der Waals surface area contributed by atoms with Crippen LogP contribution in [0.1, 0.15) is 12.0 Å². The number of carbonyl (C=O) groups excluding carboxylic acids is 2. The Morgan fingerprint density at radius 3 is 2.68 bits per heavy atom. The van der Waals surface area contributed by atoms with Crippen molar-refractivity contribution in [2.24, 2.45) is 0 Å². The van der Waals surface area contributed by atoms with Gasteiger partial charge < -0.3 is 19.5 Å². The average molecular weight is 349 g/mol. The molecule has 0 aliphatic carbocycles. The van der Waals surface area contributed by atoms with E-state index in [1.54, 1.807) is 19.2 Å². The zero-order valence-electron chi connectivity index (χ0n) is 13.9. The van der Waals surface area contributed by atoms with Crippen LogP contribution in [0.25, 0.3) is 0 Å². The number of anilines is 1. The molecule has 134 valence electrons. The molecule has 1 N–H and O–H groups in total. The van der Waals surface area contributed by atoms with E-state index in [0.717, 1.165) is 0 Å². The summed E-state index contributed by atoms with van der Waals surface area (Å²) >= 11 is 0. The first-order valence-electron chi connectivity index (χ1n) is 7.80. The molecule has 0 spiro atoms. The molecule has 0 radical (unpaired) electrons. The number of amides is 2. The predicted molar refractivity (Wildman–Crippen MR) is 88.3 cm³/mol. The number of nitrogens with zero attached hydrogens (tertiary/aromatic N) is 2. The molecule has 0 bridgehead atoms. The van der Waals surface area contributed by atoms with Crippen molar-refractivity contribution >= 4 is 17.6 Å². The lowest BCUT2D eigenvalue weighted by molar-refractivity contribution is -0.134. The van der Waals surface area contributed by atoms with E-state index in [2.05, 4.69) is 15.0 Å². The third kappa shape index (κ3) is 6.34. The van der Waals surface area contributed by atoms with E-state index in [9.17, 15) is 14.0 Å². The summed E-state index contributed by atoms with van der Waals surface area (Å²) in [5.74, 6) is -0.676. The number of halogens is 1. The summed E-state index contributed by atoms with van der Waals surface area (Å²) in [6, 6.07) is 7.21. The van der Waals surface area contributed by atoms with Gasteiger partial charge in [0.05, 0.1) is 13.0 Å². The number of hydrogen-bond donors (Lipinski definition) is 1. The van der Waals surface area contributed by atoms with Crippen LogP contribution in [0.2, 0.25) is 0 Å². The normalized spacial score (nSPS) is 10.5. The SMILES string of the molecule is COCCCN(CC(=O)Nc1ccon1)C(=O)Cc1ccc(F)cc1. The molecule has 7 nitrogen and oxygen atoms in total. The highest BCUT2D eigenvalue weighted by Crippen LogP contribution is 2.07. The predicted octanol–water partition coefficient (Wildman–Crippen LogP) is 1.86. The second kappa shape index (κ2) is 9.53.